The van der Waals surface area contributed by atoms with Gasteiger partial charge < -0.3 is 5.32 Å². The minimum atomic E-state index is -4.28. The summed E-state index contributed by atoms with van der Waals surface area (Å²) in [6.07, 6.45) is 0.740. The first-order chi connectivity index (χ1) is 8.07. The maximum atomic E-state index is 12.8. The molecule has 0 amide bonds. The molecule has 1 aromatic heterocycles. The van der Waals surface area contributed by atoms with E-state index < -0.39 is 11.7 Å². The van der Waals surface area contributed by atoms with E-state index >= 15 is 0 Å². The van der Waals surface area contributed by atoms with Gasteiger partial charge in [-0.1, -0.05) is 0 Å². The second-order valence-corrected chi connectivity index (χ2v) is 4.45. The highest BCUT2D eigenvalue weighted by atomic mass is 19.4. The van der Waals surface area contributed by atoms with Crippen molar-refractivity contribution in [2.24, 2.45) is 5.92 Å². The number of alkyl halides is 3. The molecule has 1 aliphatic rings. The van der Waals surface area contributed by atoms with E-state index in [1.807, 2.05) is 0 Å². The molecule has 1 fully saturated rings. The summed E-state index contributed by atoms with van der Waals surface area (Å²) in [6, 6.07) is 1.06. The second-order valence-electron chi connectivity index (χ2n) is 4.45. The molecule has 1 aromatic rings. The molecular formula is C12H15F3N2. The van der Waals surface area contributed by atoms with E-state index in [4.69, 9.17) is 0 Å². The Bertz CT molecular complexity index is 370. The van der Waals surface area contributed by atoms with Gasteiger partial charge in [0.05, 0.1) is 5.56 Å². The van der Waals surface area contributed by atoms with Crippen molar-refractivity contribution in [1.82, 2.24) is 10.3 Å². The highest BCUT2D eigenvalue weighted by molar-refractivity contribution is 5.26. The highest BCUT2D eigenvalue weighted by Crippen LogP contribution is 2.32. The van der Waals surface area contributed by atoms with E-state index in [0.29, 0.717) is 12.0 Å². The van der Waals surface area contributed by atoms with Crippen molar-refractivity contribution in [3.63, 3.8) is 0 Å². The first-order valence-electron chi connectivity index (χ1n) is 5.78. The van der Waals surface area contributed by atoms with Crippen LogP contribution in [0.2, 0.25) is 0 Å². The zero-order valence-electron chi connectivity index (χ0n) is 9.43. The van der Waals surface area contributed by atoms with Gasteiger partial charge in [-0.05, 0) is 49.9 Å². The molecule has 94 valence electrons. The highest BCUT2D eigenvalue weighted by Gasteiger charge is 2.33. The fraction of sp³-hybridized carbons (Fsp3) is 0.583. The summed E-state index contributed by atoms with van der Waals surface area (Å²) in [7, 11) is 0. The normalized spacial score (nSPS) is 21.5. The van der Waals surface area contributed by atoms with E-state index in [9.17, 15) is 13.2 Å². The van der Waals surface area contributed by atoms with Crippen LogP contribution in [-0.4, -0.2) is 18.1 Å². The predicted molar refractivity (Wildman–Crippen MR) is 58.5 cm³/mol. The minimum absolute atomic E-state index is 0.286. The van der Waals surface area contributed by atoms with Gasteiger partial charge in [-0.15, -0.1) is 0 Å². The van der Waals surface area contributed by atoms with Gasteiger partial charge in [-0.3, -0.25) is 4.98 Å². The van der Waals surface area contributed by atoms with Crippen LogP contribution < -0.4 is 5.32 Å². The fourth-order valence-electron chi connectivity index (χ4n) is 2.28. The van der Waals surface area contributed by atoms with E-state index in [-0.39, 0.29) is 5.92 Å². The van der Waals surface area contributed by atoms with Gasteiger partial charge in [0.15, 0.2) is 0 Å². The molecule has 5 heteroatoms. The first kappa shape index (κ1) is 12.4. The van der Waals surface area contributed by atoms with Gasteiger partial charge in [-0.2, -0.15) is 13.2 Å². The van der Waals surface area contributed by atoms with Gasteiger partial charge in [0.2, 0.25) is 0 Å². The lowest BCUT2D eigenvalue weighted by Gasteiger charge is -2.23. The van der Waals surface area contributed by atoms with Gasteiger partial charge in [-0.25, -0.2) is 0 Å². The first-order valence-corrected chi connectivity index (χ1v) is 5.78. The lowest BCUT2D eigenvalue weighted by Crippen LogP contribution is -2.31. The van der Waals surface area contributed by atoms with Crippen LogP contribution >= 0.6 is 0 Å². The Labute approximate surface area is 98.2 Å². The average molecular weight is 244 g/mol. The number of rotatable bonds is 2. The molecule has 2 heterocycles. The minimum Gasteiger partial charge on any atom is -0.316 e. The summed E-state index contributed by atoms with van der Waals surface area (Å²) in [4.78, 5) is 3.80. The summed E-state index contributed by atoms with van der Waals surface area (Å²) in [5.74, 6) is 0.286. The third-order valence-corrected chi connectivity index (χ3v) is 3.12. The Morgan fingerprint density at radius 1 is 1.41 bits per heavy atom. The van der Waals surface area contributed by atoms with Crippen LogP contribution in [-0.2, 0) is 12.6 Å². The molecule has 0 saturated carbocycles. The Hall–Kier alpha value is -1.10. The molecule has 0 bridgehead atoms. The maximum Gasteiger partial charge on any atom is 0.416 e. The van der Waals surface area contributed by atoms with Crippen molar-refractivity contribution in [2.45, 2.75) is 25.4 Å². The van der Waals surface area contributed by atoms with Gasteiger partial charge in [0.1, 0.15) is 0 Å². The zero-order valence-corrected chi connectivity index (χ0v) is 9.43. The summed E-state index contributed by atoms with van der Waals surface area (Å²) in [5.41, 5.74) is -0.230. The number of pyridine rings is 1. The number of nitrogens with zero attached hydrogens (tertiary/aromatic N) is 1. The van der Waals surface area contributed by atoms with E-state index in [0.717, 1.165) is 32.0 Å². The summed E-state index contributed by atoms with van der Waals surface area (Å²) in [6.45, 7) is 1.77. The Balaban J connectivity index is 2.14. The number of hydrogen-bond acceptors (Lipinski definition) is 2. The number of aromatic nitrogens is 1. The van der Waals surface area contributed by atoms with Crippen LogP contribution in [0.3, 0.4) is 0 Å². The smallest absolute Gasteiger partial charge is 0.316 e. The molecule has 2 rings (SSSR count). The molecule has 1 atom stereocenters. The van der Waals surface area contributed by atoms with Crippen molar-refractivity contribution in [3.05, 3.63) is 29.6 Å². The van der Waals surface area contributed by atoms with Gasteiger partial charge in [0.25, 0.3) is 0 Å². The largest absolute Gasteiger partial charge is 0.416 e. The van der Waals surface area contributed by atoms with Crippen LogP contribution in [0.15, 0.2) is 18.5 Å². The summed E-state index contributed by atoms with van der Waals surface area (Å²) < 4.78 is 38.3. The van der Waals surface area contributed by atoms with Crippen molar-refractivity contribution in [1.29, 1.82) is 0 Å². The molecule has 1 N–H and O–H groups in total. The summed E-state index contributed by atoms with van der Waals surface area (Å²) in [5, 5.41) is 3.21. The topological polar surface area (TPSA) is 24.9 Å². The third-order valence-electron chi connectivity index (χ3n) is 3.12. The molecule has 0 aliphatic carbocycles. The number of hydrogen-bond donors (Lipinski definition) is 1. The standard InChI is InChI=1S/C12H15F3N2/c13-12(14,15)11-3-5-17-8-10(11)6-9-2-1-4-16-7-9/h3,5,8-9,16H,1-2,4,6-7H2. The molecule has 0 spiro atoms. The predicted octanol–water partition coefficient (Wildman–Crippen LogP) is 2.64. The lowest BCUT2D eigenvalue weighted by atomic mass is 9.91. The monoisotopic (exact) mass is 244 g/mol. The van der Waals surface area contributed by atoms with Crippen LogP contribution in [0.5, 0.6) is 0 Å². The Morgan fingerprint density at radius 2 is 2.24 bits per heavy atom. The van der Waals surface area contributed by atoms with E-state index in [1.165, 1.54) is 12.4 Å². The number of halogens is 3. The van der Waals surface area contributed by atoms with Crippen LogP contribution in [0.25, 0.3) is 0 Å². The maximum absolute atomic E-state index is 12.8. The van der Waals surface area contributed by atoms with Gasteiger partial charge >= 0.3 is 6.18 Å². The van der Waals surface area contributed by atoms with Crippen LogP contribution in [0.1, 0.15) is 24.0 Å². The number of piperidine rings is 1. The Morgan fingerprint density at radius 3 is 2.88 bits per heavy atom. The van der Waals surface area contributed by atoms with Crippen LogP contribution in [0, 0.1) is 5.92 Å². The third kappa shape index (κ3) is 3.19. The number of nitrogens with one attached hydrogen (secondary N) is 1. The average Bonchev–Trinajstić information content (AvgIpc) is 2.30. The van der Waals surface area contributed by atoms with Crippen molar-refractivity contribution >= 4 is 0 Å². The molecule has 1 aliphatic heterocycles. The zero-order chi connectivity index (χ0) is 12.3. The SMILES string of the molecule is FC(F)(F)c1ccncc1CC1CCCNC1. The molecule has 0 aromatic carbocycles. The molecule has 17 heavy (non-hydrogen) atoms. The Kier molecular flexibility index (Phi) is 3.66. The molecular weight excluding hydrogens is 229 g/mol. The fourth-order valence-corrected chi connectivity index (χ4v) is 2.28. The molecule has 0 radical (unpaired) electrons. The lowest BCUT2D eigenvalue weighted by molar-refractivity contribution is -0.138. The van der Waals surface area contributed by atoms with E-state index in [1.54, 1.807) is 0 Å². The van der Waals surface area contributed by atoms with E-state index in [2.05, 4.69) is 10.3 Å². The van der Waals surface area contributed by atoms with Crippen LogP contribution in [0.4, 0.5) is 13.2 Å². The van der Waals surface area contributed by atoms with Crippen molar-refractivity contribution < 1.29 is 13.2 Å². The van der Waals surface area contributed by atoms with Gasteiger partial charge in [0, 0.05) is 12.4 Å². The molecule has 1 unspecified atom stereocenters. The second kappa shape index (κ2) is 5.04. The molecule has 2 nitrogen and oxygen atoms in total. The quantitative estimate of drug-likeness (QED) is 0.865. The van der Waals surface area contributed by atoms with Crippen molar-refractivity contribution in [3.8, 4) is 0 Å². The molecule has 1 saturated heterocycles. The van der Waals surface area contributed by atoms with Crippen molar-refractivity contribution in [2.75, 3.05) is 13.1 Å². The summed E-state index contributed by atoms with van der Waals surface area (Å²) >= 11 is 0.